The lowest BCUT2D eigenvalue weighted by atomic mass is 10.1. The molecule has 1 unspecified atom stereocenters. The van der Waals surface area contributed by atoms with Crippen LogP contribution in [-0.2, 0) is 4.74 Å². The summed E-state index contributed by atoms with van der Waals surface area (Å²) in [6, 6.07) is 12.4. The maximum Gasteiger partial charge on any atom is 0.0738 e. The Morgan fingerprint density at radius 1 is 1.22 bits per heavy atom. The van der Waals surface area contributed by atoms with E-state index in [-0.39, 0.29) is 6.10 Å². The highest BCUT2D eigenvalue weighted by molar-refractivity contribution is 7.08. The van der Waals surface area contributed by atoms with E-state index in [4.69, 9.17) is 9.73 Å². The average molecular weight is 259 g/mol. The van der Waals surface area contributed by atoms with Gasteiger partial charge in [0.15, 0.2) is 0 Å². The third-order valence-electron chi connectivity index (χ3n) is 2.75. The molecule has 0 saturated heterocycles. The minimum Gasteiger partial charge on any atom is -0.380 e. The van der Waals surface area contributed by atoms with Gasteiger partial charge in [0.05, 0.1) is 18.4 Å². The quantitative estimate of drug-likeness (QED) is 0.751. The van der Waals surface area contributed by atoms with Crippen molar-refractivity contribution in [3.05, 3.63) is 58.3 Å². The van der Waals surface area contributed by atoms with Crippen LogP contribution in [0.15, 0.2) is 52.2 Å². The van der Waals surface area contributed by atoms with Gasteiger partial charge >= 0.3 is 0 Å². The molecule has 1 heterocycles. The smallest absolute Gasteiger partial charge is 0.0738 e. The second-order valence-corrected chi connectivity index (χ2v) is 4.89. The predicted molar refractivity (Wildman–Crippen MR) is 77.7 cm³/mol. The zero-order valence-electron chi connectivity index (χ0n) is 10.7. The SMILES string of the molecule is COC(C)CN=C(c1ccccc1)c1ccsc1. The van der Waals surface area contributed by atoms with Crippen molar-refractivity contribution in [2.24, 2.45) is 4.99 Å². The molecule has 0 bridgehead atoms. The Balaban J connectivity index is 2.30. The Hall–Kier alpha value is -1.45. The molecule has 3 heteroatoms. The van der Waals surface area contributed by atoms with E-state index in [2.05, 4.69) is 29.0 Å². The van der Waals surface area contributed by atoms with Crippen molar-refractivity contribution in [3.63, 3.8) is 0 Å². The van der Waals surface area contributed by atoms with Crippen LogP contribution in [-0.4, -0.2) is 25.5 Å². The highest BCUT2D eigenvalue weighted by Crippen LogP contribution is 2.14. The van der Waals surface area contributed by atoms with Gasteiger partial charge in [-0.15, -0.1) is 0 Å². The van der Waals surface area contributed by atoms with Gasteiger partial charge in [-0.25, -0.2) is 0 Å². The van der Waals surface area contributed by atoms with Crippen LogP contribution in [0.25, 0.3) is 0 Å². The number of rotatable bonds is 5. The summed E-state index contributed by atoms with van der Waals surface area (Å²) in [6.45, 7) is 2.70. The van der Waals surface area contributed by atoms with Crippen LogP contribution >= 0.6 is 11.3 Å². The Morgan fingerprint density at radius 3 is 2.61 bits per heavy atom. The number of hydrogen-bond donors (Lipinski definition) is 0. The van der Waals surface area contributed by atoms with Gasteiger partial charge in [0.2, 0.25) is 0 Å². The summed E-state index contributed by atoms with van der Waals surface area (Å²) in [4.78, 5) is 4.71. The number of thiophene rings is 1. The fraction of sp³-hybridized carbons (Fsp3) is 0.267. The molecule has 1 atom stereocenters. The largest absolute Gasteiger partial charge is 0.380 e. The second kappa shape index (κ2) is 6.47. The Labute approximate surface area is 112 Å². The number of aliphatic imine (C=N–C) groups is 1. The van der Waals surface area contributed by atoms with E-state index >= 15 is 0 Å². The molecule has 0 aliphatic rings. The summed E-state index contributed by atoms with van der Waals surface area (Å²) >= 11 is 1.69. The Morgan fingerprint density at radius 2 is 2.00 bits per heavy atom. The van der Waals surface area contributed by atoms with Gasteiger partial charge in [0, 0.05) is 23.6 Å². The molecule has 0 spiro atoms. The van der Waals surface area contributed by atoms with Crippen LogP contribution in [0, 0.1) is 0 Å². The molecule has 0 radical (unpaired) electrons. The zero-order chi connectivity index (χ0) is 12.8. The maximum absolute atomic E-state index is 5.25. The van der Waals surface area contributed by atoms with Gasteiger partial charge < -0.3 is 4.74 Å². The molecular formula is C15H17NOS. The molecule has 0 saturated carbocycles. The van der Waals surface area contributed by atoms with Gasteiger partial charge in [-0.3, -0.25) is 4.99 Å². The highest BCUT2D eigenvalue weighted by atomic mass is 32.1. The topological polar surface area (TPSA) is 21.6 Å². The number of nitrogens with zero attached hydrogens (tertiary/aromatic N) is 1. The van der Waals surface area contributed by atoms with Crippen molar-refractivity contribution in [1.29, 1.82) is 0 Å². The summed E-state index contributed by atoms with van der Waals surface area (Å²) in [5.74, 6) is 0. The van der Waals surface area contributed by atoms with E-state index < -0.39 is 0 Å². The lowest BCUT2D eigenvalue weighted by Gasteiger charge is -2.09. The molecule has 0 N–H and O–H groups in total. The molecule has 2 aromatic rings. The van der Waals surface area contributed by atoms with Crippen molar-refractivity contribution in [2.45, 2.75) is 13.0 Å². The molecule has 1 aromatic carbocycles. The predicted octanol–water partition coefficient (Wildman–Crippen LogP) is 3.62. The summed E-state index contributed by atoms with van der Waals surface area (Å²) in [7, 11) is 1.72. The van der Waals surface area contributed by atoms with Crippen molar-refractivity contribution in [2.75, 3.05) is 13.7 Å². The molecule has 18 heavy (non-hydrogen) atoms. The molecule has 0 amide bonds. The van der Waals surface area contributed by atoms with Crippen LogP contribution in [0.4, 0.5) is 0 Å². The number of methoxy groups -OCH3 is 1. The molecule has 94 valence electrons. The molecule has 1 aromatic heterocycles. The first kappa shape index (κ1) is 13.0. The van der Waals surface area contributed by atoms with E-state index in [0.29, 0.717) is 6.54 Å². The van der Waals surface area contributed by atoms with Crippen molar-refractivity contribution in [3.8, 4) is 0 Å². The van der Waals surface area contributed by atoms with E-state index in [1.807, 2.05) is 25.1 Å². The minimum absolute atomic E-state index is 0.141. The minimum atomic E-state index is 0.141. The van der Waals surface area contributed by atoms with E-state index in [9.17, 15) is 0 Å². The van der Waals surface area contributed by atoms with Gasteiger partial charge in [0.25, 0.3) is 0 Å². The third-order valence-corrected chi connectivity index (χ3v) is 3.43. The standard InChI is InChI=1S/C15H17NOS/c1-12(17-2)10-16-15(14-8-9-18-11-14)13-6-4-3-5-7-13/h3-9,11-12H,10H2,1-2H3. The maximum atomic E-state index is 5.25. The Bertz CT molecular complexity index is 490. The molecule has 2 rings (SSSR count). The third kappa shape index (κ3) is 3.28. The Kier molecular flexibility index (Phi) is 4.67. The number of hydrogen-bond acceptors (Lipinski definition) is 3. The van der Waals surface area contributed by atoms with Crippen molar-refractivity contribution < 1.29 is 4.74 Å². The van der Waals surface area contributed by atoms with Gasteiger partial charge in [-0.05, 0) is 18.4 Å². The summed E-state index contributed by atoms with van der Waals surface area (Å²) < 4.78 is 5.25. The fourth-order valence-electron chi connectivity index (χ4n) is 1.64. The summed E-state index contributed by atoms with van der Waals surface area (Å²) in [5.41, 5.74) is 3.37. The van der Waals surface area contributed by atoms with Gasteiger partial charge in [-0.1, -0.05) is 30.3 Å². The first-order chi connectivity index (χ1) is 8.81. The molecule has 0 aliphatic heterocycles. The molecule has 2 nitrogen and oxygen atoms in total. The second-order valence-electron chi connectivity index (χ2n) is 4.11. The van der Waals surface area contributed by atoms with Crippen LogP contribution in [0.5, 0.6) is 0 Å². The average Bonchev–Trinajstić information content (AvgIpc) is 2.94. The van der Waals surface area contributed by atoms with Gasteiger partial charge in [-0.2, -0.15) is 11.3 Å². The normalized spacial score (nSPS) is 13.6. The first-order valence-electron chi connectivity index (χ1n) is 5.96. The van der Waals surface area contributed by atoms with E-state index in [0.717, 1.165) is 11.3 Å². The first-order valence-corrected chi connectivity index (χ1v) is 6.90. The van der Waals surface area contributed by atoms with Crippen molar-refractivity contribution >= 4 is 17.0 Å². The van der Waals surface area contributed by atoms with Crippen LogP contribution in [0.2, 0.25) is 0 Å². The molecule has 0 aliphatic carbocycles. The van der Waals surface area contributed by atoms with Gasteiger partial charge in [0.1, 0.15) is 0 Å². The fourth-order valence-corrected chi connectivity index (χ4v) is 2.28. The lowest BCUT2D eigenvalue weighted by molar-refractivity contribution is 0.126. The summed E-state index contributed by atoms with van der Waals surface area (Å²) in [5, 5.41) is 4.21. The molecule has 0 fully saturated rings. The van der Waals surface area contributed by atoms with Crippen LogP contribution in [0.3, 0.4) is 0 Å². The van der Waals surface area contributed by atoms with E-state index in [1.54, 1.807) is 18.4 Å². The number of benzene rings is 1. The van der Waals surface area contributed by atoms with E-state index in [1.165, 1.54) is 5.56 Å². The molecular weight excluding hydrogens is 242 g/mol. The highest BCUT2D eigenvalue weighted by Gasteiger charge is 2.07. The van der Waals surface area contributed by atoms with Crippen molar-refractivity contribution in [1.82, 2.24) is 0 Å². The number of ether oxygens (including phenoxy) is 1. The zero-order valence-corrected chi connectivity index (χ0v) is 11.5. The van der Waals surface area contributed by atoms with Crippen LogP contribution in [0.1, 0.15) is 18.1 Å². The van der Waals surface area contributed by atoms with Crippen LogP contribution < -0.4 is 0 Å². The monoisotopic (exact) mass is 259 g/mol. The summed E-state index contributed by atoms with van der Waals surface area (Å²) in [6.07, 6.45) is 0.141. The lowest BCUT2D eigenvalue weighted by Crippen LogP contribution is -2.12.